The van der Waals surface area contributed by atoms with Crippen LogP contribution in [0.3, 0.4) is 0 Å². The Morgan fingerprint density at radius 3 is 2.43 bits per heavy atom. The molecule has 3 heterocycles. The Bertz CT molecular complexity index is 1190. The van der Waals surface area contributed by atoms with Crippen LogP contribution in [-0.2, 0) is 7.05 Å². The van der Waals surface area contributed by atoms with Gasteiger partial charge in [0.05, 0.1) is 12.2 Å². The van der Waals surface area contributed by atoms with Crippen LogP contribution in [0.2, 0.25) is 0 Å². The Morgan fingerprint density at radius 2 is 1.82 bits per heavy atom. The molecule has 0 unspecified atom stereocenters. The Balaban J connectivity index is 1.96. The molecule has 0 aliphatic carbocycles. The number of hydrogen-bond donors (Lipinski definition) is 0. The third kappa shape index (κ3) is 3.04. The minimum atomic E-state index is -0.908. The minimum absolute atomic E-state index is 0.0131. The first-order chi connectivity index (χ1) is 13.5. The lowest BCUT2D eigenvalue weighted by molar-refractivity contribution is 0.192. The maximum atomic E-state index is 13.1. The standard InChI is InChI=1S/C19H19FN6O2/c1-12(2)26-22-17-16(13-8-21-24(3)9-13)10-25(19(27)18(17)23-26)14-4-6-15(7-5-14)28-11-20/h4-10,12H,11H2,1-3H3. The van der Waals surface area contributed by atoms with Crippen molar-refractivity contribution in [3.63, 3.8) is 0 Å². The first kappa shape index (κ1) is 17.9. The smallest absolute Gasteiger partial charge is 0.285 e. The predicted molar refractivity (Wildman–Crippen MR) is 102 cm³/mol. The zero-order valence-electron chi connectivity index (χ0n) is 15.7. The van der Waals surface area contributed by atoms with Gasteiger partial charge in [0.2, 0.25) is 6.86 Å². The van der Waals surface area contributed by atoms with Crippen LogP contribution in [0.1, 0.15) is 19.9 Å². The molecule has 4 aromatic rings. The van der Waals surface area contributed by atoms with Gasteiger partial charge < -0.3 is 4.74 Å². The van der Waals surface area contributed by atoms with Crippen LogP contribution in [-0.4, -0.2) is 36.2 Å². The van der Waals surface area contributed by atoms with Crippen molar-refractivity contribution in [3.05, 3.63) is 53.2 Å². The van der Waals surface area contributed by atoms with E-state index in [1.807, 2.05) is 27.1 Å². The summed E-state index contributed by atoms with van der Waals surface area (Å²) in [6.45, 7) is 2.99. The lowest BCUT2D eigenvalue weighted by Crippen LogP contribution is -2.19. The number of halogens is 1. The van der Waals surface area contributed by atoms with Gasteiger partial charge >= 0.3 is 0 Å². The molecule has 0 aliphatic rings. The second-order valence-corrected chi connectivity index (χ2v) is 6.68. The second-order valence-electron chi connectivity index (χ2n) is 6.68. The maximum absolute atomic E-state index is 13.1. The van der Waals surface area contributed by atoms with Gasteiger partial charge in [-0.2, -0.15) is 15.0 Å². The van der Waals surface area contributed by atoms with Gasteiger partial charge in [0.1, 0.15) is 11.3 Å². The number of fused-ring (bicyclic) bond motifs is 1. The van der Waals surface area contributed by atoms with Gasteiger partial charge in [0.15, 0.2) is 5.52 Å². The van der Waals surface area contributed by atoms with Crippen molar-refractivity contribution >= 4 is 11.0 Å². The van der Waals surface area contributed by atoms with Crippen LogP contribution in [0.15, 0.2) is 47.7 Å². The first-order valence-corrected chi connectivity index (χ1v) is 8.78. The molecule has 0 N–H and O–H groups in total. The van der Waals surface area contributed by atoms with E-state index in [-0.39, 0.29) is 17.1 Å². The molecule has 9 heteroatoms. The highest BCUT2D eigenvalue weighted by atomic mass is 19.1. The van der Waals surface area contributed by atoms with Gasteiger partial charge in [0.25, 0.3) is 5.56 Å². The van der Waals surface area contributed by atoms with Crippen LogP contribution in [0.5, 0.6) is 5.75 Å². The van der Waals surface area contributed by atoms with Crippen molar-refractivity contribution in [2.75, 3.05) is 6.86 Å². The number of alkyl halides is 1. The van der Waals surface area contributed by atoms with Crippen molar-refractivity contribution in [2.45, 2.75) is 19.9 Å². The predicted octanol–water partition coefficient (Wildman–Crippen LogP) is 2.87. The number of rotatable bonds is 5. The van der Waals surface area contributed by atoms with Crippen molar-refractivity contribution < 1.29 is 9.13 Å². The van der Waals surface area contributed by atoms with E-state index in [0.29, 0.717) is 17.0 Å². The summed E-state index contributed by atoms with van der Waals surface area (Å²) in [7, 11) is 1.82. The van der Waals surface area contributed by atoms with Crippen LogP contribution in [0.4, 0.5) is 4.39 Å². The average molecular weight is 382 g/mol. The number of pyridine rings is 1. The summed E-state index contributed by atoms with van der Waals surface area (Å²) < 4.78 is 20.4. The lowest BCUT2D eigenvalue weighted by Gasteiger charge is -2.09. The number of aryl methyl sites for hydroxylation is 1. The fourth-order valence-corrected chi connectivity index (χ4v) is 2.97. The molecular weight excluding hydrogens is 363 g/mol. The highest BCUT2D eigenvalue weighted by Gasteiger charge is 2.18. The van der Waals surface area contributed by atoms with Crippen molar-refractivity contribution in [1.82, 2.24) is 29.3 Å². The highest BCUT2D eigenvalue weighted by Crippen LogP contribution is 2.26. The molecule has 28 heavy (non-hydrogen) atoms. The number of benzene rings is 1. The minimum Gasteiger partial charge on any atom is -0.463 e. The monoisotopic (exact) mass is 382 g/mol. The summed E-state index contributed by atoms with van der Waals surface area (Å²) in [5, 5.41) is 13.2. The van der Waals surface area contributed by atoms with Crippen LogP contribution >= 0.6 is 0 Å². The van der Waals surface area contributed by atoms with E-state index in [9.17, 15) is 9.18 Å². The molecule has 0 amide bonds. The summed E-state index contributed by atoms with van der Waals surface area (Å²) in [5.41, 5.74) is 2.71. The van der Waals surface area contributed by atoms with Gasteiger partial charge in [0, 0.05) is 36.3 Å². The van der Waals surface area contributed by atoms with Gasteiger partial charge in [-0.05, 0) is 38.1 Å². The van der Waals surface area contributed by atoms with Crippen LogP contribution in [0.25, 0.3) is 27.8 Å². The molecular formula is C19H19FN6O2. The molecule has 0 fully saturated rings. The summed E-state index contributed by atoms with van der Waals surface area (Å²) in [6, 6.07) is 6.62. The van der Waals surface area contributed by atoms with Gasteiger partial charge in [-0.25, -0.2) is 4.39 Å². The zero-order valence-corrected chi connectivity index (χ0v) is 15.7. The quantitative estimate of drug-likeness (QED) is 0.530. The highest BCUT2D eigenvalue weighted by molar-refractivity contribution is 5.90. The van der Waals surface area contributed by atoms with E-state index >= 15 is 0 Å². The summed E-state index contributed by atoms with van der Waals surface area (Å²) >= 11 is 0. The number of hydrogen-bond acceptors (Lipinski definition) is 5. The van der Waals surface area contributed by atoms with E-state index in [1.165, 1.54) is 9.36 Å². The number of ether oxygens (including phenoxy) is 1. The molecule has 0 radical (unpaired) electrons. The Kier molecular flexibility index (Phi) is 4.42. The molecule has 8 nitrogen and oxygen atoms in total. The Morgan fingerprint density at radius 1 is 1.11 bits per heavy atom. The van der Waals surface area contributed by atoms with E-state index in [2.05, 4.69) is 15.3 Å². The molecule has 1 aromatic carbocycles. The van der Waals surface area contributed by atoms with Crippen molar-refractivity contribution in [1.29, 1.82) is 0 Å². The number of nitrogens with zero attached hydrogens (tertiary/aromatic N) is 6. The molecule has 3 aromatic heterocycles. The molecule has 144 valence electrons. The lowest BCUT2D eigenvalue weighted by atomic mass is 10.1. The maximum Gasteiger partial charge on any atom is 0.285 e. The first-order valence-electron chi connectivity index (χ1n) is 8.78. The van der Waals surface area contributed by atoms with Gasteiger partial charge in [-0.3, -0.25) is 14.0 Å². The Hall–Kier alpha value is -3.49. The zero-order chi connectivity index (χ0) is 19.8. The van der Waals surface area contributed by atoms with E-state index < -0.39 is 6.86 Å². The van der Waals surface area contributed by atoms with Crippen molar-refractivity contribution in [2.24, 2.45) is 7.05 Å². The van der Waals surface area contributed by atoms with E-state index in [1.54, 1.807) is 41.3 Å². The largest absolute Gasteiger partial charge is 0.463 e. The van der Waals surface area contributed by atoms with E-state index in [4.69, 9.17) is 4.74 Å². The molecule has 0 bridgehead atoms. The molecule has 4 rings (SSSR count). The average Bonchev–Trinajstić information content (AvgIpc) is 3.30. The molecule has 0 spiro atoms. The number of aromatic nitrogens is 6. The molecule has 0 saturated heterocycles. The van der Waals surface area contributed by atoms with E-state index in [0.717, 1.165) is 11.1 Å². The summed E-state index contributed by atoms with van der Waals surface area (Å²) in [4.78, 5) is 14.6. The SMILES string of the molecule is CC(C)n1nc2c(-c3cnn(C)c3)cn(-c3ccc(OCF)cc3)c(=O)c2n1. The fourth-order valence-electron chi connectivity index (χ4n) is 2.97. The Labute approximate surface area is 159 Å². The fraction of sp³-hybridized carbons (Fsp3) is 0.263. The third-order valence-electron chi connectivity index (χ3n) is 4.38. The van der Waals surface area contributed by atoms with Crippen LogP contribution < -0.4 is 10.3 Å². The second kappa shape index (κ2) is 6.91. The van der Waals surface area contributed by atoms with Gasteiger partial charge in [-0.1, -0.05) is 0 Å². The molecule has 0 aliphatic heterocycles. The molecule has 0 saturated carbocycles. The van der Waals surface area contributed by atoms with Crippen LogP contribution in [0, 0.1) is 0 Å². The summed E-state index contributed by atoms with van der Waals surface area (Å²) in [5.74, 6) is 0.388. The molecule has 0 atom stereocenters. The van der Waals surface area contributed by atoms with Gasteiger partial charge in [-0.15, -0.1) is 5.10 Å². The topological polar surface area (TPSA) is 79.8 Å². The van der Waals surface area contributed by atoms with Crippen molar-refractivity contribution in [3.8, 4) is 22.6 Å². The normalized spacial score (nSPS) is 11.5. The third-order valence-corrected chi connectivity index (χ3v) is 4.38. The summed E-state index contributed by atoms with van der Waals surface area (Å²) in [6.07, 6.45) is 5.30.